The first-order chi connectivity index (χ1) is 9.36. The van der Waals surface area contributed by atoms with Crippen LogP contribution in [0.15, 0.2) is 40.8 Å². The molecule has 0 saturated heterocycles. The van der Waals surface area contributed by atoms with Crippen LogP contribution in [0.1, 0.15) is 35.6 Å². The number of nitrogens with one attached hydrogen (secondary N) is 1. The summed E-state index contributed by atoms with van der Waals surface area (Å²) in [5.74, 6) is 1.65. The van der Waals surface area contributed by atoms with E-state index < -0.39 is 11.7 Å². The molecule has 0 spiro atoms. The Hall–Kier alpha value is -1.75. The summed E-state index contributed by atoms with van der Waals surface area (Å²) in [6.07, 6.45) is -4.29. The van der Waals surface area contributed by atoms with Gasteiger partial charge in [0.1, 0.15) is 11.5 Å². The summed E-state index contributed by atoms with van der Waals surface area (Å²) in [6.45, 7) is 4.30. The smallest absolute Gasteiger partial charge is 0.416 e. The molecule has 0 aliphatic rings. The molecule has 0 fully saturated rings. The van der Waals surface area contributed by atoms with Gasteiger partial charge in [-0.25, -0.2) is 0 Å². The van der Waals surface area contributed by atoms with E-state index in [2.05, 4.69) is 5.32 Å². The van der Waals surface area contributed by atoms with Gasteiger partial charge in [-0.05, 0) is 43.7 Å². The summed E-state index contributed by atoms with van der Waals surface area (Å²) in [5, 5.41) is 3.21. The molecule has 0 radical (unpaired) electrons. The van der Waals surface area contributed by atoms with Crippen LogP contribution in [0.5, 0.6) is 0 Å². The third kappa shape index (κ3) is 3.63. The fraction of sp³-hybridized carbons (Fsp3) is 0.333. The molecule has 5 heteroatoms. The summed E-state index contributed by atoms with van der Waals surface area (Å²) in [4.78, 5) is 0. The van der Waals surface area contributed by atoms with Gasteiger partial charge in [-0.1, -0.05) is 12.1 Å². The predicted octanol–water partition coefficient (Wildman–Crippen LogP) is 4.46. The van der Waals surface area contributed by atoms with Gasteiger partial charge in [0, 0.05) is 6.54 Å². The maximum atomic E-state index is 12.4. The minimum Gasteiger partial charge on any atom is -0.465 e. The third-order valence-corrected chi connectivity index (χ3v) is 3.08. The molecule has 1 aromatic carbocycles. The minimum absolute atomic E-state index is 0.00555. The van der Waals surface area contributed by atoms with Gasteiger partial charge < -0.3 is 9.73 Å². The highest BCUT2D eigenvalue weighted by Crippen LogP contribution is 2.29. The average Bonchev–Trinajstić information content (AvgIpc) is 2.82. The van der Waals surface area contributed by atoms with Crippen molar-refractivity contribution in [3.8, 4) is 0 Å². The van der Waals surface area contributed by atoms with Crippen molar-refractivity contribution in [2.45, 2.75) is 32.6 Å². The van der Waals surface area contributed by atoms with Gasteiger partial charge in [0.15, 0.2) is 0 Å². The molecule has 1 heterocycles. The standard InChI is InChI=1S/C15H16F3NO/c1-10-3-8-14(20-10)11(2)19-9-12-4-6-13(7-5-12)15(16,17)18/h3-8,11,19H,9H2,1-2H3. The molecule has 2 aromatic rings. The Morgan fingerprint density at radius 3 is 2.25 bits per heavy atom. The Bertz CT molecular complexity index is 557. The van der Waals surface area contributed by atoms with Crippen LogP contribution < -0.4 is 5.32 Å². The molecule has 20 heavy (non-hydrogen) atoms. The summed E-state index contributed by atoms with van der Waals surface area (Å²) in [6, 6.07) is 8.93. The topological polar surface area (TPSA) is 25.2 Å². The van der Waals surface area contributed by atoms with Crippen molar-refractivity contribution in [1.29, 1.82) is 0 Å². The zero-order chi connectivity index (χ0) is 14.8. The van der Waals surface area contributed by atoms with Crippen LogP contribution in [0.2, 0.25) is 0 Å². The number of furan rings is 1. The van der Waals surface area contributed by atoms with E-state index in [1.54, 1.807) is 0 Å². The molecular weight excluding hydrogens is 267 g/mol. The van der Waals surface area contributed by atoms with Crippen LogP contribution in [0.4, 0.5) is 13.2 Å². The van der Waals surface area contributed by atoms with Crippen molar-refractivity contribution in [2.24, 2.45) is 0 Å². The Morgan fingerprint density at radius 1 is 1.10 bits per heavy atom. The predicted molar refractivity (Wildman–Crippen MR) is 70.1 cm³/mol. The molecule has 2 nitrogen and oxygen atoms in total. The monoisotopic (exact) mass is 283 g/mol. The van der Waals surface area contributed by atoms with Gasteiger partial charge in [0.05, 0.1) is 11.6 Å². The highest BCUT2D eigenvalue weighted by molar-refractivity contribution is 5.24. The van der Waals surface area contributed by atoms with Crippen molar-refractivity contribution in [1.82, 2.24) is 5.32 Å². The summed E-state index contributed by atoms with van der Waals surface area (Å²) in [7, 11) is 0. The van der Waals surface area contributed by atoms with Gasteiger partial charge >= 0.3 is 6.18 Å². The zero-order valence-electron chi connectivity index (χ0n) is 11.3. The van der Waals surface area contributed by atoms with E-state index in [1.165, 1.54) is 12.1 Å². The van der Waals surface area contributed by atoms with E-state index in [-0.39, 0.29) is 6.04 Å². The molecule has 2 rings (SSSR count). The SMILES string of the molecule is Cc1ccc(C(C)NCc2ccc(C(F)(F)F)cc2)o1. The highest BCUT2D eigenvalue weighted by Gasteiger charge is 2.29. The number of aryl methyl sites for hydroxylation is 1. The summed E-state index contributed by atoms with van der Waals surface area (Å²) in [5.41, 5.74) is 0.170. The lowest BCUT2D eigenvalue weighted by molar-refractivity contribution is -0.137. The van der Waals surface area contributed by atoms with Crippen LogP contribution >= 0.6 is 0 Å². The van der Waals surface area contributed by atoms with Crippen LogP contribution in [-0.2, 0) is 12.7 Å². The van der Waals surface area contributed by atoms with Crippen LogP contribution in [0.25, 0.3) is 0 Å². The number of alkyl halides is 3. The maximum Gasteiger partial charge on any atom is 0.416 e. The zero-order valence-corrected chi connectivity index (χ0v) is 11.3. The normalized spacial score (nSPS) is 13.4. The quantitative estimate of drug-likeness (QED) is 0.896. The number of rotatable bonds is 4. The van der Waals surface area contributed by atoms with Crippen LogP contribution in [0.3, 0.4) is 0 Å². The molecular formula is C15H16F3NO. The lowest BCUT2D eigenvalue weighted by atomic mass is 10.1. The fourth-order valence-electron chi connectivity index (χ4n) is 1.87. The molecule has 0 amide bonds. The van der Waals surface area contributed by atoms with Crippen molar-refractivity contribution in [3.63, 3.8) is 0 Å². The molecule has 1 unspecified atom stereocenters. The molecule has 0 saturated carbocycles. The maximum absolute atomic E-state index is 12.4. The second-order valence-electron chi connectivity index (χ2n) is 4.75. The number of benzene rings is 1. The van der Waals surface area contributed by atoms with Gasteiger partial charge in [0.2, 0.25) is 0 Å². The number of halogens is 3. The Labute approximate surface area is 115 Å². The largest absolute Gasteiger partial charge is 0.465 e. The van der Waals surface area contributed by atoms with E-state index in [9.17, 15) is 13.2 Å². The Morgan fingerprint density at radius 2 is 1.75 bits per heavy atom. The first-order valence-electron chi connectivity index (χ1n) is 6.32. The Balaban J connectivity index is 1.94. The highest BCUT2D eigenvalue weighted by atomic mass is 19.4. The van der Waals surface area contributed by atoms with E-state index >= 15 is 0 Å². The molecule has 1 atom stereocenters. The number of hydrogen-bond donors (Lipinski definition) is 1. The summed E-state index contributed by atoms with van der Waals surface area (Å²) >= 11 is 0. The number of hydrogen-bond acceptors (Lipinski definition) is 2. The lowest BCUT2D eigenvalue weighted by Gasteiger charge is -2.12. The molecule has 1 N–H and O–H groups in total. The van der Waals surface area contributed by atoms with Crippen LogP contribution in [-0.4, -0.2) is 0 Å². The fourth-order valence-corrected chi connectivity index (χ4v) is 1.87. The minimum atomic E-state index is -4.29. The molecule has 0 bridgehead atoms. The average molecular weight is 283 g/mol. The molecule has 0 aliphatic carbocycles. The van der Waals surface area contributed by atoms with Crippen molar-refractivity contribution < 1.29 is 17.6 Å². The van der Waals surface area contributed by atoms with Gasteiger partial charge in [-0.15, -0.1) is 0 Å². The Kier molecular flexibility index (Phi) is 4.18. The van der Waals surface area contributed by atoms with Crippen molar-refractivity contribution in [3.05, 3.63) is 59.0 Å². The van der Waals surface area contributed by atoms with Crippen molar-refractivity contribution >= 4 is 0 Å². The third-order valence-electron chi connectivity index (χ3n) is 3.08. The summed E-state index contributed by atoms with van der Waals surface area (Å²) < 4.78 is 42.8. The van der Waals surface area contributed by atoms with E-state index in [0.29, 0.717) is 6.54 Å². The van der Waals surface area contributed by atoms with Gasteiger partial charge in [-0.3, -0.25) is 0 Å². The van der Waals surface area contributed by atoms with Gasteiger partial charge in [-0.2, -0.15) is 13.2 Å². The first kappa shape index (κ1) is 14.7. The van der Waals surface area contributed by atoms with Gasteiger partial charge in [0.25, 0.3) is 0 Å². The first-order valence-corrected chi connectivity index (χ1v) is 6.32. The lowest BCUT2D eigenvalue weighted by Crippen LogP contribution is -2.17. The van der Waals surface area contributed by atoms with E-state index in [4.69, 9.17) is 4.42 Å². The van der Waals surface area contributed by atoms with E-state index in [1.807, 2.05) is 26.0 Å². The molecule has 108 valence electrons. The van der Waals surface area contributed by atoms with E-state index in [0.717, 1.165) is 29.2 Å². The second kappa shape index (κ2) is 5.71. The molecule has 1 aromatic heterocycles. The second-order valence-corrected chi connectivity index (χ2v) is 4.75. The molecule has 0 aliphatic heterocycles. The van der Waals surface area contributed by atoms with Crippen molar-refractivity contribution in [2.75, 3.05) is 0 Å². The van der Waals surface area contributed by atoms with Crippen LogP contribution in [0, 0.1) is 6.92 Å².